The second kappa shape index (κ2) is 9.50. The van der Waals surface area contributed by atoms with Gasteiger partial charge in [0.2, 0.25) is 0 Å². The molecule has 0 fully saturated rings. The highest BCUT2D eigenvalue weighted by Crippen LogP contribution is 2.17. The highest BCUT2D eigenvalue weighted by Gasteiger charge is 1.96. The molecule has 0 spiro atoms. The lowest BCUT2D eigenvalue weighted by atomic mass is 10.2. The summed E-state index contributed by atoms with van der Waals surface area (Å²) >= 11 is 1.83. The fourth-order valence-electron chi connectivity index (χ4n) is 1.47. The van der Waals surface area contributed by atoms with Crippen molar-refractivity contribution >= 4 is 17.7 Å². The van der Waals surface area contributed by atoms with Gasteiger partial charge in [0.15, 0.2) is 5.96 Å². The first-order valence-electron chi connectivity index (χ1n) is 6.58. The zero-order valence-corrected chi connectivity index (χ0v) is 12.6. The van der Waals surface area contributed by atoms with Gasteiger partial charge in [0, 0.05) is 23.7 Å². The van der Waals surface area contributed by atoms with Crippen molar-refractivity contribution in [2.24, 2.45) is 4.99 Å². The van der Waals surface area contributed by atoms with Crippen molar-refractivity contribution in [1.82, 2.24) is 10.6 Å². The summed E-state index contributed by atoms with van der Waals surface area (Å²) in [6.07, 6.45) is 1.83. The van der Waals surface area contributed by atoms with E-state index in [4.69, 9.17) is 0 Å². The molecule has 0 aliphatic carbocycles. The third kappa shape index (κ3) is 6.91. The summed E-state index contributed by atoms with van der Waals surface area (Å²) in [5.41, 5.74) is 1.30. The smallest absolute Gasteiger partial charge is 0.191 e. The first kappa shape index (κ1) is 15.6. The molecule has 1 aromatic rings. The molecule has 0 atom stereocenters. The lowest BCUT2D eigenvalue weighted by Gasteiger charge is -2.09. The SMILES string of the molecule is C=CCNC(=NCCSc1ccc(C)cc1)NCC. The van der Waals surface area contributed by atoms with Crippen LogP contribution in [0.4, 0.5) is 0 Å². The number of aliphatic imine (C=N–C) groups is 1. The minimum absolute atomic E-state index is 0.733. The number of guanidine groups is 1. The maximum atomic E-state index is 4.51. The molecule has 0 aliphatic rings. The Bertz CT molecular complexity index is 398. The van der Waals surface area contributed by atoms with Crippen molar-refractivity contribution in [3.63, 3.8) is 0 Å². The van der Waals surface area contributed by atoms with Gasteiger partial charge in [0.25, 0.3) is 0 Å². The van der Waals surface area contributed by atoms with Gasteiger partial charge in [0.1, 0.15) is 0 Å². The van der Waals surface area contributed by atoms with Gasteiger partial charge in [-0.2, -0.15) is 0 Å². The Morgan fingerprint density at radius 3 is 2.68 bits per heavy atom. The van der Waals surface area contributed by atoms with Gasteiger partial charge in [0.05, 0.1) is 6.54 Å². The molecule has 0 radical (unpaired) electrons. The number of nitrogens with one attached hydrogen (secondary N) is 2. The Balaban J connectivity index is 2.33. The molecule has 0 unspecified atom stereocenters. The van der Waals surface area contributed by atoms with Gasteiger partial charge in [-0.1, -0.05) is 23.8 Å². The Morgan fingerprint density at radius 2 is 2.05 bits per heavy atom. The zero-order chi connectivity index (χ0) is 13.9. The van der Waals surface area contributed by atoms with E-state index in [0.29, 0.717) is 0 Å². The summed E-state index contributed by atoms with van der Waals surface area (Å²) in [4.78, 5) is 5.81. The molecule has 19 heavy (non-hydrogen) atoms. The van der Waals surface area contributed by atoms with Crippen LogP contribution < -0.4 is 10.6 Å². The molecule has 2 N–H and O–H groups in total. The standard InChI is InChI=1S/C15H23N3S/c1-4-10-17-15(16-5-2)18-11-12-19-14-8-6-13(3)7-9-14/h4,6-9H,1,5,10-12H2,2-3H3,(H2,16,17,18). The van der Waals surface area contributed by atoms with Gasteiger partial charge >= 0.3 is 0 Å². The minimum Gasteiger partial charge on any atom is -0.357 e. The highest BCUT2D eigenvalue weighted by molar-refractivity contribution is 7.99. The molecular formula is C15H23N3S. The van der Waals surface area contributed by atoms with Crippen LogP contribution in [0.25, 0.3) is 0 Å². The Hall–Kier alpha value is -1.42. The van der Waals surface area contributed by atoms with Crippen LogP contribution in [-0.4, -0.2) is 31.3 Å². The maximum Gasteiger partial charge on any atom is 0.191 e. The molecule has 3 nitrogen and oxygen atoms in total. The Labute approximate surface area is 120 Å². The molecule has 1 aromatic carbocycles. The Kier molecular flexibility index (Phi) is 7.82. The van der Waals surface area contributed by atoms with Gasteiger partial charge in [-0.15, -0.1) is 18.3 Å². The molecule has 1 rings (SSSR count). The number of rotatable bonds is 7. The van der Waals surface area contributed by atoms with Gasteiger partial charge in [-0.25, -0.2) is 0 Å². The van der Waals surface area contributed by atoms with E-state index in [1.165, 1.54) is 10.5 Å². The number of aryl methyl sites for hydroxylation is 1. The Morgan fingerprint density at radius 1 is 1.32 bits per heavy atom. The van der Waals surface area contributed by atoms with Crippen molar-refractivity contribution in [3.05, 3.63) is 42.5 Å². The van der Waals surface area contributed by atoms with Crippen LogP contribution in [0.5, 0.6) is 0 Å². The number of benzene rings is 1. The lowest BCUT2D eigenvalue weighted by Crippen LogP contribution is -2.37. The fourth-order valence-corrected chi connectivity index (χ4v) is 2.21. The van der Waals surface area contributed by atoms with E-state index in [0.717, 1.165) is 31.3 Å². The summed E-state index contributed by atoms with van der Waals surface area (Å²) in [5, 5.41) is 6.39. The molecule has 104 valence electrons. The minimum atomic E-state index is 0.733. The molecule has 0 aliphatic heterocycles. The number of hydrogen-bond donors (Lipinski definition) is 2. The van der Waals surface area contributed by atoms with E-state index in [-0.39, 0.29) is 0 Å². The normalized spacial score (nSPS) is 11.2. The van der Waals surface area contributed by atoms with Crippen LogP contribution in [0.15, 0.2) is 46.8 Å². The molecule has 0 saturated heterocycles. The molecule has 0 bridgehead atoms. The fraction of sp³-hybridized carbons (Fsp3) is 0.400. The number of thioether (sulfide) groups is 1. The van der Waals surface area contributed by atoms with Crippen LogP contribution >= 0.6 is 11.8 Å². The second-order valence-electron chi connectivity index (χ2n) is 4.09. The number of nitrogens with zero attached hydrogens (tertiary/aromatic N) is 1. The summed E-state index contributed by atoms with van der Waals surface area (Å²) in [5.74, 6) is 1.83. The quantitative estimate of drug-likeness (QED) is 0.264. The largest absolute Gasteiger partial charge is 0.357 e. The van der Waals surface area contributed by atoms with E-state index in [1.54, 1.807) is 0 Å². The van der Waals surface area contributed by atoms with Crippen LogP contribution in [0.1, 0.15) is 12.5 Å². The lowest BCUT2D eigenvalue weighted by molar-refractivity contribution is 0.868. The van der Waals surface area contributed by atoms with E-state index in [1.807, 2.05) is 17.8 Å². The van der Waals surface area contributed by atoms with E-state index in [2.05, 4.69) is 60.3 Å². The van der Waals surface area contributed by atoms with Gasteiger partial charge < -0.3 is 10.6 Å². The third-order valence-electron chi connectivity index (χ3n) is 2.41. The summed E-state index contributed by atoms with van der Waals surface area (Å²) in [6.45, 7) is 10.3. The number of hydrogen-bond acceptors (Lipinski definition) is 2. The van der Waals surface area contributed by atoms with E-state index < -0.39 is 0 Å². The monoisotopic (exact) mass is 277 g/mol. The zero-order valence-electron chi connectivity index (χ0n) is 11.8. The van der Waals surface area contributed by atoms with Gasteiger partial charge in [-0.05, 0) is 26.0 Å². The van der Waals surface area contributed by atoms with Gasteiger partial charge in [-0.3, -0.25) is 4.99 Å². The van der Waals surface area contributed by atoms with Crippen molar-refractivity contribution in [2.45, 2.75) is 18.7 Å². The van der Waals surface area contributed by atoms with Crippen LogP contribution in [-0.2, 0) is 0 Å². The molecule has 0 aromatic heterocycles. The maximum absolute atomic E-state index is 4.51. The predicted octanol–water partition coefficient (Wildman–Crippen LogP) is 2.83. The molecular weight excluding hydrogens is 254 g/mol. The molecule has 0 amide bonds. The third-order valence-corrected chi connectivity index (χ3v) is 3.40. The summed E-state index contributed by atoms with van der Waals surface area (Å²) in [6, 6.07) is 8.60. The molecule has 0 saturated carbocycles. The topological polar surface area (TPSA) is 36.4 Å². The van der Waals surface area contributed by atoms with E-state index >= 15 is 0 Å². The van der Waals surface area contributed by atoms with Crippen LogP contribution in [0.2, 0.25) is 0 Å². The summed E-state index contributed by atoms with van der Waals surface area (Å²) < 4.78 is 0. The van der Waals surface area contributed by atoms with Crippen molar-refractivity contribution in [2.75, 3.05) is 25.4 Å². The first-order valence-corrected chi connectivity index (χ1v) is 7.57. The molecule has 0 heterocycles. The average molecular weight is 277 g/mol. The molecule has 4 heteroatoms. The van der Waals surface area contributed by atoms with Crippen molar-refractivity contribution in [1.29, 1.82) is 0 Å². The van der Waals surface area contributed by atoms with Crippen LogP contribution in [0.3, 0.4) is 0 Å². The average Bonchev–Trinajstić information content (AvgIpc) is 2.42. The van der Waals surface area contributed by atoms with Crippen LogP contribution in [0, 0.1) is 6.92 Å². The van der Waals surface area contributed by atoms with Crippen molar-refractivity contribution in [3.8, 4) is 0 Å². The summed E-state index contributed by atoms with van der Waals surface area (Å²) in [7, 11) is 0. The first-order chi connectivity index (χ1) is 9.26. The predicted molar refractivity (Wildman–Crippen MR) is 86.1 cm³/mol. The van der Waals surface area contributed by atoms with E-state index in [9.17, 15) is 0 Å². The van der Waals surface area contributed by atoms with Crippen molar-refractivity contribution < 1.29 is 0 Å². The second-order valence-corrected chi connectivity index (χ2v) is 5.26. The highest BCUT2D eigenvalue weighted by atomic mass is 32.2.